The molecule has 2 rings (SSSR count). The number of ether oxygens (including phenoxy) is 1. The van der Waals surface area contributed by atoms with Crippen LogP contribution in [0.15, 0.2) is 12.1 Å². The summed E-state index contributed by atoms with van der Waals surface area (Å²) in [6.07, 6.45) is 3.67. The first-order chi connectivity index (χ1) is 7.79. The van der Waals surface area contributed by atoms with Crippen LogP contribution in [0.2, 0.25) is 0 Å². The third-order valence-electron chi connectivity index (χ3n) is 2.78. The first-order valence-corrected chi connectivity index (χ1v) is 6.12. The molecular formula is C13H20N2O. The van der Waals surface area contributed by atoms with E-state index in [2.05, 4.69) is 23.3 Å². The Bertz CT molecular complexity index is 348. The summed E-state index contributed by atoms with van der Waals surface area (Å²) in [6, 6.07) is 4.82. The maximum Gasteiger partial charge on any atom is 0.213 e. The lowest BCUT2D eigenvalue weighted by molar-refractivity contribution is 0.304. The van der Waals surface area contributed by atoms with Crippen molar-refractivity contribution in [2.24, 2.45) is 0 Å². The molecule has 1 N–H and O–H groups in total. The maximum atomic E-state index is 5.50. The third-order valence-corrected chi connectivity index (χ3v) is 2.78. The van der Waals surface area contributed by atoms with Crippen molar-refractivity contribution >= 4 is 0 Å². The van der Waals surface area contributed by atoms with E-state index in [0.717, 1.165) is 37.2 Å². The molecule has 1 aliphatic carbocycles. The van der Waals surface area contributed by atoms with Crippen molar-refractivity contribution in [3.05, 3.63) is 23.4 Å². The van der Waals surface area contributed by atoms with Gasteiger partial charge in [-0.1, -0.05) is 13.0 Å². The second kappa shape index (κ2) is 5.30. The Hall–Kier alpha value is -1.09. The molecule has 0 aliphatic heterocycles. The molecule has 0 aromatic carbocycles. The summed E-state index contributed by atoms with van der Waals surface area (Å²) in [6.45, 7) is 5.81. The Morgan fingerprint density at radius 3 is 2.88 bits per heavy atom. The SMILES string of the molecule is CCCOc1ccc(CNC2CC2)c(C)n1. The van der Waals surface area contributed by atoms with Gasteiger partial charge in [0.25, 0.3) is 0 Å². The molecular weight excluding hydrogens is 200 g/mol. The summed E-state index contributed by atoms with van der Waals surface area (Å²) < 4.78 is 5.50. The Kier molecular flexibility index (Phi) is 3.78. The Morgan fingerprint density at radius 1 is 1.44 bits per heavy atom. The van der Waals surface area contributed by atoms with Crippen molar-refractivity contribution < 1.29 is 4.74 Å². The first kappa shape index (κ1) is 11.4. The van der Waals surface area contributed by atoms with Crippen LogP contribution < -0.4 is 10.1 Å². The normalized spacial score (nSPS) is 15.1. The number of hydrogen-bond donors (Lipinski definition) is 1. The molecule has 3 heteroatoms. The number of rotatable bonds is 6. The summed E-state index contributed by atoms with van der Waals surface area (Å²) in [4.78, 5) is 4.45. The number of aryl methyl sites for hydroxylation is 1. The van der Waals surface area contributed by atoms with Gasteiger partial charge in [-0.15, -0.1) is 0 Å². The van der Waals surface area contributed by atoms with Crippen molar-refractivity contribution in [3.63, 3.8) is 0 Å². The van der Waals surface area contributed by atoms with Crippen molar-refractivity contribution in [3.8, 4) is 5.88 Å². The zero-order chi connectivity index (χ0) is 11.4. The van der Waals surface area contributed by atoms with Crippen LogP contribution in [0.3, 0.4) is 0 Å². The average molecular weight is 220 g/mol. The molecule has 1 heterocycles. The number of nitrogens with one attached hydrogen (secondary N) is 1. The molecule has 0 unspecified atom stereocenters. The van der Waals surface area contributed by atoms with Gasteiger partial charge >= 0.3 is 0 Å². The largest absolute Gasteiger partial charge is 0.478 e. The zero-order valence-electron chi connectivity index (χ0n) is 10.1. The van der Waals surface area contributed by atoms with Crippen LogP contribution in [0.5, 0.6) is 5.88 Å². The molecule has 1 aromatic heterocycles. The fourth-order valence-electron chi connectivity index (χ4n) is 1.58. The predicted octanol–water partition coefficient (Wildman–Crippen LogP) is 2.43. The van der Waals surface area contributed by atoms with Gasteiger partial charge in [-0.25, -0.2) is 4.98 Å². The van der Waals surface area contributed by atoms with Crippen LogP contribution in [-0.4, -0.2) is 17.6 Å². The molecule has 3 nitrogen and oxygen atoms in total. The molecule has 16 heavy (non-hydrogen) atoms. The smallest absolute Gasteiger partial charge is 0.213 e. The number of hydrogen-bond acceptors (Lipinski definition) is 3. The predicted molar refractivity (Wildman–Crippen MR) is 64.6 cm³/mol. The number of pyridine rings is 1. The van der Waals surface area contributed by atoms with E-state index in [1.54, 1.807) is 0 Å². The molecule has 0 spiro atoms. The summed E-state index contributed by atoms with van der Waals surface area (Å²) in [5.74, 6) is 0.745. The van der Waals surface area contributed by atoms with E-state index in [1.807, 2.05) is 13.0 Å². The van der Waals surface area contributed by atoms with E-state index in [1.165, 1.54) is 18.4 Å². The Morgan fingerprint density at radius 2 is 2.25 bits per heavy atom. The minimum absolute atomic E-state index is 0.742. The highest BCUT2D eigenvalue weighted by molar-refractivity contribution is 5.25. The highest BCUT2D eigenvalue weighted by Crippen LogP contribution is 2.20. The average Bonchev–Trinajstić information content (AvgIpc) is 3.09. The van der Waals surface area contributed by atoms with Crippen LogP contribution in [0.25, 0.3) is 0 Å². The van der Waals surface area contributed by atoms with Crippen molar-refractivity contribution in [2.75, 3.05) is 6.61 Å². The Balaban J connectivity index is 1.92. The van der Waals surface area contributed by atoms with E-state index in [-0.39, 0.29) is 0 Å². The van der Waals surface area contributed by atoms with Crippen LogP contribution >= 0.6 is 0 Å². The van der Waals surface area contributed by atoms with Gasteiger partial charge in [0.1, 0.15) is 0 Å². The van der Waals surface area contributed by atoms with Gasteiger partial charge in [0.15, 0.2) is 0 Å². The molecule has 1 aromatic rings. The number of aromatic nitrogens is 1. The molecule has 1 fully saturated rings. The molecule has 88 valence electrons. The van der Waals surface area contributed by atoms with E-state index in [9.17, 15) is 0 Å². The standard InChI is InChI=1S/C13H20N2O/c1-3-8-16-13-7-4-11(10(2)15-13)9-14-12-5-6-12/h4,7,12,14H,3,5-6,8-9H2,1-2H3. The van der Waals surface area contributed by atoms with Gasteiger partial charge in [0, 0.05) is 24.3 Å². The van der Waals surface area contributed by atoms with E-state index in [0.29, 0.717) is 0 Å². The van der Waals surface area contributed by atoms with E-state index >= 15 is 0 Å². The van der Waals surface area contributed by atoms with Gasteiger partial charge in [-0.05, 0) is 31.7 Å². The lowest BCUT2D eigenvalue weighted by Gasteiger charge is -2.09. The fourth-order valence-corrected chi connectivity index (χ4v) is 1.58. The quantitative estimate of drug-likeness (QED) is 0.799. The van der Waals surface area contributed by atoms with Gasteiger partial charge in [-0.3, -0.25) is 0 Å². The highest BCUT2D eigenvalue weighted by Gasteiger charge is 2.20. The highest BCUT2D eigenvalue weighted by atomic mass is 16.5. The minimum Gasteiger partial charge on any atom is -0.478 e. The van der Waals surface area contributed by atoms with Crippen molar-refractivity contribution in [1.29, 1.82) is 0 Å². The van der Waals surface area contributed by atoms with Gasteiger partial charge in [0.05, 0.1) is 6.61 Å². The van der Waals surface area contributed by atoms with Crippen LogP contribution in [-0.2, 0) is 6.54 Å². The molecule has 1 saturated carbocycles. The molecule has 1 aliphatic rings. The van der Waals surface area contributed by atoms with E-state index in [4.69, 9.17) is 4.74 Å². The third kappa shape index (κ3) is 3.20. The van der Waals surface area contributed by atoms with E-state index < -0.39 is 0 Å². The molecule has 0 radical (unpaired) electrons. The zero-order valence-corrected chi connectivity index (χ0v) is 10.1. The number of nitrogens with zero attached hydrogens (tertiary/aromatic N) is 1. The maximum absolute atomic E-state index is 5.50. The van der Waals surface area contributed by atoms with Crippen molar-refractivity contribution in [1.82, 2.24) is 10.3 Å². The second-order valence-electron chi connectivity index (χ2n) is 4.40. The first-order valence-electron chi connectivity index (χ1n) is 6.12. The lowest BCUT2D eigenvalue weighted by Crippen LogP contribution is -2.16. The van der Waals surface area contributed by atoms with Crippen LogP contribution in [0.1, 0.15) is 37.4 Å². The lowest BCUT2D eigenvalue weighted by atomic mass is 10.2. The van der Waals surface area contributed by atoms with Crippen LogP contribution in [0.4, 0.5) is 0 Å². The summed E-state index contributed by atoms with van der Waals surface area (Å²) in [5.41, 5.74) is 2.34. The van der Waals surface area contributed by atoms with Gasteiger partial charge in [-0.2, -0.15) is 0 Å². The van der Waals surface area contributed by atoms with Crippen molar-refractivity contribution in [2.45, 2.75) is 45.7 Å². The van der Waals surface area contributed by atoms with Gasteiger partial charge in [0.2, 0.25) is 5.88 Å². The van der Waals surface area contributed by atoms with Gasteiger partial charge < -0.3 is 10.1 Å². The molecule has 0 bridgehead atoms. The second-order valence-corrected chi connectivity index (χ2v) is 4.40. The molecule has 0 atom stereocenters. The molecule has 0 saturated heterocycles. The Labute approximate surface area is 97.2 Å². The fraction of sp³-hybridized carbons (Fsp3) is 0.615. The summed E-state index contributed by atoms with van der Waals surface area (Å²) >= 11 is 0. The summed E-state index contributed by atoms with van der Waals surface area (Å²) in [5, 5.41) is 3.50. The molecule has 0 amide bonds. The minimum atomic E-state index is 0.742. The topological polar surface area (TPSA) is 34.1 Å². The monoisotopic (exact) mass is 220 g/mol. The van der Waals surface area contributed by atoms with Crippen LogP contribution in [0, 0.1) is 6.92 Å². The summed E-state index contributed by atoms with van der Waals surface area (Å²) in [7, 11) is 0.